The average molecular weight is 262 g/mol. The molecular weight excluding hydrogens is 248 g/mol. The summed E-state index contributed by atoms with van der Waals surface area (Å²) in [6.07, 6.45) is 0.802. The van der Waals surface area contributed by atoms with Crippen molar-refractivity contribution >= 4 is 36.6 Å². The zero-order valence-corrected chi connectivity index (χ0v) is 11.0. The van der Waals surface area contributed by atoms with Crippen LogP contribution in [0.1, 0.15) is 11.1 Å². The van der Waals surface area contributed by atoms with Gasteiger partial charge >= 0.3 is 0 Å². The molecule has 0 saturated heterocycles. The molecule has 2 rings (SSSR count). The van der Waals surface area contributed by atoms with Crippen LogP contribution in [-0.2, 0) is 6.42 Å². The standard InChI is InChI=1S/C13H14N2S2/c14-10-6-8(1-3-12(10)16)5-9-2-4-13(17)11(15)7-9/h1-4,6-7,16-17H,5,14-15H2. The van der Waals surface area contributed by atoms with Gasteiger partial charge in [0.25, 0.3) is 0 Å². The van der Waals surface area contributed by atoms with E-state index in [0.717, 1.165) is 27.3 Å². The van der Waals surface area contributed by atoms with E-state index in [2.05, 4.69) is 25.3 Å². The Labute approximate surface area is 112 Å². The molecule has 0 unspecified atom stereocenters. The highest BCUT2D eigenvalue weighted by Gasteiger charge is 2.01. The maximum Gasteiger partial charge on any atom is 0.0452 e. The highest BCUT2D eigenvalue weighted by atomic mass is 32.1. The van der Waals surface area contributed by atoms with Gasteiger partial charge in [-0.2, -0.15) is 0 Å². The molecule has 2 aromatic rings. The number of anilines is 2. The summed E-state index contributed by atoms with van der Waals surface area (Å²) in [6.45, 7) is 0. The predicted octanol–water partition coefficient (Wildman–Crippen LogP) is 3.02. The number of nitrogen functional groups attached to an aromatic ring is 2. The SMILES string of the molecule is Nc1cc(Cc2ccc(S)c(N)c2)ccc1S. The van der Waals surface area contributed by atoms with E-state index in [1.165, 1.54) is 0 Å². The number of thiol groups is 2. The van der Waals surface area contributed by atoms with Crippen LogP contribution in [-0.4, -0.2) is 0 Å². The fourth-order valence-electron chi connectivity index (χ4n) is 1.66. The first-order valence-corrected chi connectivity index (χ1v) is 6.10. The molecule has 0 spiro atoms. The molecule has 0 radical (unpaired) electrons. The molecule has 4 heteroatoms. The second-order valence-corrected chi connectivity index (χ2v) is 4.93. The third-order valence-corrected chi connectivity index (χ3v) is 3.41. The smallest absolute Gasteiger partial charge is 0.0452 e. The lowest BCUT2D eigenvalue weighted by molar-refractivity contribution is 1.17. The molecular formula is C13H14N2S2. The Balaban J connectivity index is 2.25. The molecule has 88 valence electrons. The third-order valence-electron chi connectivity index (χ3n) is 2.59. The van der Waals surface area contributed by atoms with E-state index in [9.17, 15) is 0 Å². The van der Waals surface area contributed by atoms with Gasteiger partial charge in [-0.05, 0) is 41.8 Å². The molecule has 0 aliphatic rings. The second kappa shape index (κ2) is 4.94. The Kier molecular flexibility index (Phi) is 3.54. The molecule has 2 nitrogen and oxygen atoms in total. The van der Waals surface area contributed by atoms with E-state index in [1.807, 2.05) is 36.4 Å². The lowest BCUT2D eigenvalue weighted by atomic mass is 10.0. The van der Waals surface area contributed by atoms with Crippen LogP contribution < -0.4 is 11.5 Å². The second-order valence-electron chi connectivity index (χ2n) is 3.96. The zero-order chi connectivity index (χ0) is 12.4. The van der Waals surface area contributed by atoms with Gasteiger partial charge in [0.1, 0.15) is 0 Å². The van der Waals surface area contributed by atoms with Crippen LogP contribution in [0.4, 0.5) is 11.4 Å². The van der Waals surface area contributed by atoms with Gasteiger partial charge in [0, 0.05) is 21.2 Å². The van der Waals surface area contributed by atoms with E-state index in [0.29, 0.717) is 11.4 Å². The van der Waals surface area contributed by atoms with E-state index in [1.54, 1.807) is 0 Å². The van der Waals surface area contributed by atoms with Crippen LogP contribution in [0.5, 0.6) is 0 Å². The average Bonchev–Trinajstić information content (AvgIpc) is 2.29. The Morgan fingerprint density at radius 2 is 1.18 bits per heavy atom. The summed E-state index contributed by atoms with van der Waals surface area (Å²) >= 11 is 8.49. The summed E-state index contributed by atoms with van der Waals surface area (Å²) in [4.78, 5) is 1.61. The third kappa shape index (κ3) is 2.90. The lowest BCUT2D eigenvalue weighted by Crippen LogP contribution is -1.94. The minimum Gasteiger partial charge on any atom is -0.398 e. The minimum atomic E-state index is 0.699. The monoisotopic (exact) mass is 262 g/mol. The molecule has 0 atom stereocenters. The molecule has 4 N–H and O–H groups in total. The van der Waals surface area contributed by atoms with Gasteiger partial charge in [0.15, 0.2) is 0 Å². The summed E-state index contributed by atoms with van der Waals surface area (Å²) in [5.41, 5.74) is 15.3. The van der Waals surface area contributed by atoms with E-state index in [4.69, 9.17) is 11.5 Å². The number of nitrogens with two attached hydrogens (primary N) is 2. The number of hydrogen-bond donors (Lipinski definition) is 4. The van der Waals surface area contributed by atoms with Crippen molar-refractivity contribution in [3.8, 4) is 0 Å². The quantitative estimate of drug-likeness (QED) is 0.497. The minimum absolute atomic E-state index is 0.699. The number of hydrogen-bond acceptors (Lipinski definition) is 4. The van der Waals surface area contributed by atoms with Crippen LogP contribution in [0, 0.1) is 0 Å². The summed E-state index contributed by atoms with van der Waals surface area (Å²) < 4.78 is 0. The zero-order valence-electron chi connectivity index (χ0n) is 9.22. The highest BCUT2D eigenvalue weighted by Crippen LogP contribution is 2.22. The molecule has 0 fully saturated rings. The van der Waals surface area contributed by atoms with E-state index >= 15 is 0 Å². The number of rotatable bonds is 2. The molecule has 0 heterocycles. The lowest BCUT2D eigenvalue weighted by Gasteiger charge is -2.07. The first-order chi connectivity index (χ1) is 8.06. The Bertz CT molecular complexity index is 504. The van der Waals surface area contributed by atoms with Crippen molar-refractivity contribution in [2.45, 2.75) is 16.2 Å². The first kappa shape index (κ1) is 12.2. The van der Waals surface area contributed by atoms with E-state index < -0.39 is 0 Å². The van der Waals surface area contributed by atoms with Crippen LogP contribution in [0.15, 0.2) is 46.2 Å². The van der Waals surface area contributed by atoms with Gasteiger partial charge in [-0.25, -0.2) is 0 Å². The Morgan fingerprint density at radius 1 is 0.765 bits per heavy atom. The molecule has 0 aliphatic heterocycles. The van der Waals surface area contributed by atoms with Crippen molar-refractivity contribution in [3.05, 3.63) is 47.5 Å². The van der Waals surface area contributed by atoms with Crippen molar-refractivity contribution in [2.24, 2.45) is 0 Å². The molecule has 0 amide bonds. The van der Waals surface area contributed by atoms with Crippen LogP contribution in [0.25, 0.3) is 0 Å². The molecule has 0 aromatic heterocycles. The van der Waals surface area contributed by atoms with Gasteiger partial charge < -0.3 is 11.5 Å². The fraction of sp³-hybridized carbons (Fsp3) is 0.0769. The Hall–Kier alpha value is -1.26. The summed E-state index contributed by atoms with van der Waals surface area (Å²) in [7, 11) is 0. The largest absolute Gasteiger partial charge is 0.398 e. The van der Waals surface area contributed by atoms with Gasteiger partial charge in [-0.15, -0.1) is 25.3 Å². The van der Waals surface area contributed by atoms with Gasteiger partial charge in [0.2, 0.25) is 0 Å². The van der Waals surface area contributed by atoms with E-state index in [-0.39, 0.29) is 0 Å². The first-order valence-electron chi connectivity index (χ1n) is 5.21. The molecule has 17 heavy (non-hydrogen) atoms. The summed E-state index contributed by atoms with van der Waals surface area (Å²) in [5.74, 6) is 0. The normalized spacial score (nSPS) is 10.5. The maximum atomic E-state index is 5.81. The molecule has 2 aromatic carbocycles. The Morgan fingerprint density at radius 3 is 1.53 bits per heavy atom. The number of benzene rings is 2. The van der Waals surface area contributed by atoms with Crippen LogP contribution in [0.3, 0.4) is 0 Å². The van der Waals surface area contributed by atoms with Crippen LogP contribution in [0.2, 0.25) is 0 Å². The topological polar surface area (TPSA) is 52.0 Å². The van der Waals surface area contributed by atoms with Crippen molar-refractivity contribution in [2.75, 3.05) is 11.5 Å². The van der Waals surface area contributed by atoms with Crippen molar-refractivity contribution in [1.82, 2.24) is 0 Å². The van der Waals surface area contributed by atoms with Crippen molar-refractivity contribution < 1.29 is 0 Å². The summed E-state index contributed by atoms with van der Waals surface area (Å²) in [6, 6.07) is 11.7. The van der Waals surface area contributed by atoms with Gasteiger partial charge in [0.05, 0.1) is 0 Å². The maximum absolute atomic E-state index is 5.81. The van der Waals surface area contributed by atoms with Crippen LogP contribution >= 0.6 is 25.3 Å². The molecule has 0 bridgehead atoms. The molecule has 0 aliphatic carbocycles. The van der Waals surface area contributed by atoms with Gasteiger partial charge in [-0.1, -0.05) is 12.1 Å². The van der Waals surface area contributed by atoms with Crippen molar-refractivity contribution in [3.63, 3.8) is 0 Å². The predicted molar refractivity (Wildman–Crippen MR) is 79.0 cm³/mol. The molecule has 0 saturated carbocycles. The fourth-order valence-corrected chi connectivity index (χ4v) is 1.94. The van der Waals surface area contributed by atoms with Gasteiger partial charge in [-0.3, -0.25) is 0 Å². The summed E-state index contributed by atoms with van der Waals surface area (Å²) in [5, 5.41) is 0. The highest BCUT2D eigenvalue weighted by molar-refractivity contribution is 7.80. The van der Waals surface area contributed by atoms with Crippen molar-refractivity contribution in [1.29, 1.82) is 0 Å².